The normalized spacial score (nSPS) is 11.3. The van der Waals surface area contributed by atoms with Crippen LogP contribution in [0.2, 0.25) is 0 Å². The molecule has 0 aliphatic heterocycles. The summed E-state index contributed by atoms with van der Waals surface area (Å²) >= 11 is 1.60. The number of carboxylic acid groups (broad SMARTS) is 1. The Kier molecular flexibility index (Phi) is 6.17. The summed E-state index contributed by atoms with van der Waals surface area (Å²) in [5.41, 5.74) is 1.18. The predicted octanol–water partition coefficient (Wildman–Crippen LogP) is 5.13. The van der Waals surface area contributed by atoms with Gasteiger partial charge in [0.25, 0.3) is 0 Å². The highest BCUT2D eigenvalue weighted by Crippen LogP contribution is 2.30. The maximum absolute atomic E-state index is 13.1. The summed E-state index contributed by atoms with van der Waals surface area (Å²) in [7, 11) is 0. The van der Waals surface area contributed by atoms with E-state index in [0.717, 1.165) is 21.7 Å². The number of rotatable bonds is 7. The van der Waals surface area contributed by atoms with Crippen LogP contribution in [0, 0.1) is 12.7 Å². The molecule has 0 unspecified atom stereocenters. The highest BCUT2D eigenvalue weighted by Gasteiger charge is 2.29. The number of carboxylic acids is 1. The number of hydrogen-bond acceptors (Lipinski definition) is 5. The number of nitrogens with zero attached hydrogens (tertiary/aromatic N) is 2. The molecule has 29 heavy (non-hydrogen) atoms. The summed E-state index contributed by atoms with van der Waals surface area (Å²) in [5, 5.41) is 9.22. The smallest absolute Gasteiger partial charge is 0.347 e. The molecule has 0 aliphatic carbocycles. The second-order valence-corrected chi connectivity index (χ2v) is 8.06. The summed E-state index contributed by atoms with van der Waals surface area (Å²) in [6.45, 7) is 4.92. The van der Waals surface area contributed by atoms with Crippen molar-refractivity contribution in [3.8, 4) is 17.1 Å². The van der Waals surface area contributed by atoms with E-state index >= 15 is 0 Å². The van der Waals surface area contributed by atoms with Crippen molar-refractivity contribution in [1.82, 2.24) is 9.97 Å². The topological polar surface area (TPSA) is 72.3 Å². The first-order valence-corrected chi connectivity index (χ1v) is 9.97. The average molecular weight is 412 g/mol. The molecule has 7 heteroatoms. The van der Waals surface area contributed by atoms with Crippen molar-refractivity contribution >= 4 is 17.7 Å². The zero-order valence-corrected chi connectivity index (χ0v) is 17.2. The minimum Gasteiger partial charge on any atom is -0.478 e. The van der Waals surface area contributed by atoms with Crippen LogP contribution in [-0.2, 0) is 10.5 Å². The van der Waals surface area contributed by atoms with Crippen LogP contribution in [0.15, 0.2) is 59.6 Å². The van der Waals surface area contributed by atoms with Crippen LogP contribution in [-0.4, -0.2) is 26.6 Å². The Morgan fingerprint density at radius 3 is 2.55 bits per heavy atom. The molecule has 5 nitrogen and oxygen atoms in total. The number of thioether (sulfide) groups is 1. The van der Waals surface area contributed by atoms with E-state index in [1.165, 1.54) is 26.0 Å². The highest BCUT2D eigenvalue weighted by molar-refractivity contribution is 7.98. The van der Waals surface area contributed by atoms with Crippen molar-refractivity contribution in [3.05, 3.63) is 71.8 Å². The van der Waals surface area contributed by atoms with E-state index in [9.17, 15) is 14.3 Å². The Balaban J connectivity index is 1.69. The molecule has 1 heterocycles. The lowest BCUT2D eigenvalue weighted by Gasteiger charge is -2.23. The van der Waals surface area contributed by atoms with Gasteiger partial charge in [-0.25, -0.2) is 19.2 Å². The van der Waals surface area contributed by atoms with Crippen molar-refractivity contribution < 1.29 is 19.0 Å². The van der Waals surface area contributed by atoms with Gasteiger partial charge in [-0.15, -0.1) is 11.8 Å². The van der Waals surface area contributed by atoms with Crippen LogP contribution >= 0.6 is 11.8 Å². The third-order valence-corrected chi connectivity index (χ3v) is 5.26. The predicted molar refractivity (Wildman–Crippen MR) is 111 cm³/mol. The summed E-state index contributed by atoms with van der Waals surface area (Å²) in [6.07, 6.45) is 1.69. The molecule has 3 aromatic rings. The molecule has 0 amide bonds. The number of aliphatic carboxylic acids is 1. The number of hydrogen-bond donors (Lipinski definition) is 1. The fraction of sp³-hybridized carbons (Fsp3) is 0.227. The summed E-state index contributed by atoms with van der Waals surface area (Å²) < 4.78 is 18.7. The molecule has 3 rings (SSSR count). The second-order valence-electron chi connectivity index (χ2n) is 7.01. The molecule has 1 aromatic heterocycles. The summed E-state index contributed by atoms with van der Waals surface area (Å²) in [5.74, 6) is 0.421. The number of aromatic nitrogens is 2. The lowest BCUT2D eigenvalue weighted by molar-refractivity contribution is -0.152. The molecule has 0 aliphatic rings. The molecule has 0 spiro atoms. The second kappa shape index (κ2) is 8.61. The lowest BCUT2D eigenvalue weighted by Crippen LogP contribution is -2.38. The third kappa shape index (κ3) is 5.32. The van der Waals surface area contributed by atoms with Gasteiger partial charge in [0.1, 0.15) is 11.6 Å². The maximum Gasteiger partial charge on any atom is 0.347 e. The quantitative estimate of drug-likeness (QED) is 0.543. The van der Waals surface area contributed by atoms with Gasteiger partial charge < -0.3 is 9.84 Å². The standard InChI is InChI=1S/C22H21FN2O3S/c1-14-12-18(8-9-19(14)28-22(2,3)21(26)27)29-13-17-10-11-24-20(25-17)15-4-6-16(23)7-5-15/h4-12H,13H2,1-3H3,(H,26,27). The van der Waals surface area contributed by atoms with E-state index in [0.29, 0.717) is 17.3 Å². The fourth-order valence-corrected chi connectivity index (χ4v) is 3.42. The van der Waals surface area contributed by atoms with Crippen LogP contribution in [0.3, 0.4) is 0 Å². The number of ether oxygens (including phenoxy) is 1. The van der Waals surface area contributed by atoms with E-state index in [1.807, 2.05) is 25.1 Å². The molecule has 0 radical (unpaired) electrons. The van der Waals surface area contributed by atoms with E-state index < -0.39 is 11.6 Å². The largest absolute Gasteiger partial charge is 0.478 e. The molecular weight excluding hydrogens is 391 g/mol. The zero-order chi connectivity index (χ0) is 21.0. The van der Waals surface area contributed by atoms with Gasteiger partial charge in [-0.1, -0.05) is 0 Å². The van der Waals surface area contributed by atoms with Crippen LogP contribution in [0.5, 0.6) is 5.75 Å². The molecule has 1 N–H and O–H groups in total. The third-order valence-electron chi connectivity index (χ3n) is 4.23. The number of aryl methyl sites for hydroxylation is 1. The average Bonchev–Trinajstić information content (AvgIpc) is 2.69. The van der Waals surface area contributed by atoms with Crippen LogP contribution in [0.25, 0.3) is 11.4 Å². The van der Waals surface area contributed by atoms with E-state index in [1.54, 1.807) is 36.2 Å². The summed E-state index contributed by atoms with van der Waals surface area (Å²) in [6, 6.07) is 13.6. The van der Waals surface area contributed by atoms with Crippen molar-refractivity contribution in [2.24, 2.45) is 0 Å². The van der Waals surface area contributed by atoms with Gasteiger partial charge in [-0.05, 0) is 74.9 Å². The SMILES string of the molecule is Cc1cc(SCc2ccnc(-c3ccc(F)cc3)n2)ccc1OC(C)(C)C(=O)O. The highest BCUT2D eigenvalue weighted by atomic mass is 32.2. The van der Waals surface area contributed by atoms with Gasteiger partial charge >= 0.3 is 5.97 Å². The maximum atomic E-state index is 13.1. The molecule has 0 saturated carbocycles. The molecule has 0 atom stereocenters. The van der Waals surface area contributed by atoms with Gasteiger partial charge in [0.15, 0.2) is 11.4 Å². The van der Waals surface area contributed by atoms with Crippen molar-refractivity contribution in [3.63, 3.8) is 0 Å². The van der Waals surface area contributed by atoms with E-state index in [-0.39, 0.29) is 5.82 Å². The first-order valence-electron chi connectivity index (χ1n) is 8.98. The van der Waals surface area contributed by atoms with Crippen molar-refractivity contribution in [1.29, 1.82) is 0 Å². The lowest BCUT2D eigenvalue weighted by atomic mass is 10.1. The molecule has 0 bridgehead atoms. The van der Waals surface area contributed by atoms with Gasteiger partial charge in [0.2, 0.25) is 0 Å². The molecule has 150 valence electrons. The summed E-state index contributed by atoms with van der Waals surface area (Å²) in [4.78, 5) is 21.1. The number of halogens is 1. The Morgan fingerprint density at radius 1 is 1.17 bits per heavy atom. The first-order chi connectivity index (χ1) is 13.7. The van der Waals surface area contributed by atoms with Crippen molar-refractivity contribution in [2.45, 2.75) is 37.0 Å². The first kappa shape index (κ1) is 20.8. The van der Waals surface area contributed by atoms with Crippen LogP contribution in [0.4, 0.5) is 4.39 Å². The minimum absolute atomic E-state index is 0.296. The number of carbonyl (C=O) groups is 1. The Bertz CT molecular complexity index is 1020. The molecule has 2 aromatic carbocycles. The van der Waals surface area contributed by atoms with Crippen molar-refractivity contribution in [2.75, 3.05) is 0 Å². The Labute approximate surface area is 173 Å². The minimum atomic E-state index is -1.29. The molecule has 0 saturated heterocycles. The van der Waals surface area contributed by atoms with Gasteiger partial charge in [-0.3, -0.25) is 0 Å². The van der Waals surface area contributed by atoms with Gasteiger partial charge in [0.05, 0.1) is 5.69 Å². The Morgan fingerprint density at radius 2 is 1.90 bits per heavy atom. The molecular formula is C22H21FN2O3S. The van der Waals surface area contributed by atoms with Gasteiger partial charge in [0, 0.05) is 22.4 Å². The number of benzene rings is 2. The zero-order valence-electron chi connectivity index (χ0n) is 16.3. The Hall–Kier alpha value is -2.93. The monoisotopic (exact) mass is 412 g/mol. The molecule has 0 fully saturated rings. The van der Waals surface area contributed by atoms with Crippen LogP contribution < -0.4 is 4.74 Å². The van der Waals surface area contributed by atoms with Crippen LogP contribution in [0.1, 0.15) is 25.1 Å². The van der Waals surface area contributed by atoms with E-state index in [2.05, 4.69) is 9.97 Å². The fourth-order valence-electron chi connectivity index (χ4n) is 2.52. The van der Waals surface area contributed by atoms with Gasteiger partial charge in [-0.2, -0.15) is 0 Å². The van der Waals surface area contributed by atoms with E-state index in [4.69, 9.17) is 4.74 Å².